The Kier molecular flexibility index (Phi) is 6.68. The Bertz CT molecular complexity index is 487. The lowest BCUT2D eigenvalue weighted by atomic mass is 10.2. The van der Waals surface area contributed by atoms with Gasteiger partial charge in [-0.2, -0.15) is 0 Å². The largest absolute Gasteiger partial charge is 0.493 e. The van der Waals surface area contributed by atoms with Gasteiger partial charge in [-0.15, -0.1) is 0 Å². The van der Waals surface area contributed by atoms with E-state index in [1.165, 1.54) is 7.11 Å². The highest BCUT2D eigenvalue weighted by Gasteiger charge is 2.17. The summed E-state index contributed by atoms with van der Waals surface area (Å²) in [6.07, 6.45) is -1.06. The third kappa shape index (κ3) is 5.83. The molecule has 1 amide bonds. The van der Waals surface area contributed by atoms with Crippen molar-refractivity contribution in [2.24, 2.45) is 5.92 Å². The van der Waals surface area contributed by atoms with Crippen molar-refractivity contribution in [3.63, 3.8) is 0 Å². The van der Waals surface area contributed by atoms with Crippen molar-refractivity contribution < 1.29 is 24.2 Å². The maximum atomic E-state index is 12.0. The predicted molar refractivity (Wildman–Crippen MR) is 77.5 cm³/mol. The van der Waals surface area contributed by atoms with Crippen LogP contribution in [0, 0.1) is 5.92 Å². The predicted octanol–water partition coefficient (Wildman–Crippen LogP) is 1.55. The van der Waals surface area contributed by atoms with Crippen LogP contribution >= 0.6 is 0 Å². The number of amides is 1. The highest BCUT2D eigenvalue weighted by Crippen LogP contribution is 2.14. The lowest BCUT2D eigenvalue weighted by Gasteiger charge is -2.12. The Hall–Kier alpha value is -2.08. The Balaban J connectivity index is 2.61. The monoisotopic (exact) mass is 295 g/mol. The fraction of sp³-hybridized carbons (Fsp3) is 0.467. The summed E-state index contributed by atoms with van der Waals surface area (Å²) in [5.41, 5.74) is 0.413. The van der Waals surface area contributed by atoms with Crippen molar-refractivity contribution >= 4 is 11.9 Å². The fourth-order valence-corrected chi connectivity index (χ4v) is 1.55. The Labute approximate surface area is 124 Å². The molecule has 2 N–H and O–H groups in total. The highest BCUT2D eigenvalue weighted by atomic mass is 16.5. The minimum atomic E-state index is -1.12. The first kappa shape index (κ1) is 17.0. The molecule has 0 radical (unpaired) electrons. The molecular formula is C15H21NO5. The highest BCUT2D eigenvalue weighted by molar-refractivity contribution is 5.94. The van der Waals surface area contributed by atoms with Crippen molar-refractivity contribution in [3.05, 3.63) is 29.8 Å². The van der Waals surface area contributed by atoms with E-state index in [9.17, 15) is 9.59 Å². The molecule has 0 saturated heterocycles. The van der Waals surface area contributed by atoms with Crippen LogP contribution in [0.3, 0.4) is 0 Å². The zero-order chi connectivity index (χ0) is 15.8. The summed E-state index contributed by atoms with van der Waals surface area (Å²) in [6.45, 7) is 4.54. The molecular weight excluding hydrogens is 274 g/mol. The number of nitrogens with one attached hydrogen (secondary N) is 1. The number of hydrogen-bond acceptors (Lipinski definition) is 4. The normalized spacial score (nSPS) is 12.0. The van der Waals surface area contributed by atoms with Crippen molar-refractivity contribution in [1.29, 1.82) is 0 Å². The third-order valence-corrected chi connectivity index (χ3v) is 2.69. The lowest BCUT2D eigenvalue weighted by molar-refractivity contribution is -0.148. The van der Waals surface area contributed by atoms with Crippen LogP contribution < -0.4 is 10.1 Å². The van der Waals surface area contributed by atoms with Gasteiger partial charge < -0.3 is 19.9 Å². The SMILES string of the molecule is COC(CNC(=O)c1cccc(OCC(C)C)c1)C(=O)O. The molecule has 1 rings (SSSR count). The second kappa shape index (κ2) is 8.26. The molecule has 0 aliphatic carbocycles. The van der Waals surface area contributed by atoms with Gasteiger partial charge in [0.05, 0.1) is 13.2 Å². The van der Waals surface area contributed by atoms with Gasteiger partial charge in [-0.05, 0) is 24.1 Å². The Morgan fingerprint density at radius 3 is 2.62 bits per heavy atom. The van der Waals surface area contributed by atoms with Crippen molar-refractivity contribution in [2.45, 2.75) is 20.0 Å². The molecule has 0 fully saturated rings. The number of methoxy groups -OCH3 is 1. The first-order valence-electron chi connectivity index (χ1n) is 6.70. The number of rotatable bonds is 8. The Morgan fingerprint density at radius 2 is 2.05 bits per heavy atom. The smallest absolute Gasteiger partial charge is 0.334 e. The fourth-order valence-electron chi connectivity index (χ4n) is 1.55. The third-order valence-electron chi connectivity index (χ3n) is 2.69. The minimum Gasteiger partial charge on any atom is -0.493 e. The topological polar surface area (TPSA) is 84.9 Å². The van der Waals surface area contributed by atoms with Crippen molar-refractivity contribution in [2.75, 3.05) is 20.3 Å². The number of hydrogen-bond donors (Lipinski definition) is 2. The molecule has 0 heterocycles. The molecule has 0 saturated carbocycles. The maximum absolute atomic E-state index is 12.0. The summed E-state index contributed by atoms with van der Waals surface area (Å²) in [7, 11) is 1.28. The first-order chi connectivity index (χ1) is 9.93. The van der Waals surface area contributed by atoms with Crippen LogP contribution in [0.4, 0.5) is 0 Å². The van der Waals surface area contributed by atoms with Gasteiger partial charge in [0.1, 0.15) is 5.75 Å². The molecule has 0 aliphatic heterocycles. The zero-order valence-corrected chi connectivity index (χ0v) is 12.5. The standard InChI is InChI=1S/C15H21NO5/c1-10(2)9-21-12-6-4-5-11(7-12)14(17)16-8-13(20-3)15(18)19/h4-7,10,13H,8-9H2,1-3H3,(H,16,17)(H,18,19). The van der Waals surface area contributed by atoms with E-state index in [2.05, 4.69) is 5.32 Å². The number of carboxylic acid groups (broad SMARTS) is 1. The van der Waals surface area contributed by atoms with Crippen LogP contribution in [0.1, 0.15) is 24.2 Å². The number of carbonyl (C=O) groups is 2. The average molecular weight is 295 g/mol. The quantitative estimate of drug-likeness (QED) is 0.760. The molecule has 0 aliphatic rings. The van der Waals surface area contributed by atoms with Gasteiger partial charge in [0, 0.05) is 12.7 Å². The van der Waals surface area contributed by atoms with Gasteiger partial charge >= 0.3 is 5.97 Å². The second-order valence-electron chi connectivity index (χ2n) is 5.01. The van der Waals surface area contributed by atoms with E-state index in [0.717, 1.165) is 0 Å². The van der Waals surface area contributed by atoms with Crippen LogP contribution in [0.5, 0.6) is 5.75 Å². The number of benzene rings is 1. The molecule has 116 valence electrons. The number of carboxylic acids is 1. The van der Waals surface area contributed by atoms with Gasteiger partial charge in [-0.1, -0.05) is 19.9 Å². The van der Waals surface area contributed by atoms with Crippen LogP contribution in [0.15, 0.2) is 24.3 Å². The summed E-state index contributed by atoms with van der Waals surface area (Å²) in [5.74, 6) is -0.487. The van der Waals surface area contributed by atoms with E-state index in [1.54, 1.807) is 24.3 Å². The van der Waals surface area contributed by atoms with Gasteiger partial charge in [-0.3, -0.25) is 4.79 Å². The van der Waals surface area contributed by atoms with Gasteiger partial charge in [0.15, 0.2) is 6.10 Å². The maximum Gasteiger partial charge on any atom is 0.334 e. The summed E-state index contributed by atoms with van der Waals surface area (Å²) < 4.78 is 10.3. The van der Waals surface area contributed by atoms with E-state index in [-0.39, 0.29) is 12.5 Å². The molecule has 21 heavy (non-hydrogen) atoms. The van der Waals surface area contributed by atoms with Gasteiger partial charge in [0.2, 0.25) is 0 Å². The van der Waals surface area contributed by atoms with E-state index in [1.807, 2.05) is 13.8 Å². The summed E-state index contributed by atoms with van der Waals surface area (Å²) in [4.78, 5) is 22.7. The van der Waals surface area contributed by atoms with Crippen molar-refractivity contribution in [1.82, 2.24) is 5.32 Å². The van der Waals surface area contributed by atoms with Crippen LogP contribution in [-0.2, 0) is 9.53 Å². The minimum absolute atomic E-state index is 0.0955. The molecule has 1 unspecified atom stereocenters. The summed E-state index contributed by atoms with van der Waals surface area (Å²) >= 11 is 0. The molecule has 1 aromatic carbocycles. The van der Waals surface area contributed by atoms with Crippen molar-refractivity contribution in [3.8, 4) is 5.75 Å². The molecule has 1 atom stereocenters. The van der Waals surface area contributed by atoms with Crippen LogP contribution in [-0.4, -0.2) is 43.3 Å². The van der Waals surface area contributed by atoms with Crippen LogP contribution in [0.25, 0.3) is 0 Å². The zero-order valence-electron chi connectivity index (χ0n) is 12.5. The molecule has 1 aromatic rings. The lowest BCUT2D eigenvalue weighted by Crippen LogP contribution is -2.37. The molecule has 0 aromatic heterocycles. The first-order valence-corrected chi connectivity index (χ1v) is 6.70. The molecule has 0 bridgehead atoms. The number of aliphatic carboxylic acids is 1. The van der Waals surface area contributed by atoms with E-state index < -0.39 is 12.1 Å². The van der Waals surface area contributed by atoms with E-state index in [4.69, 9.17) is 14.6 Å². The van der Waals surface area contributed by atoms with Gasteiger partial charge in [-0.25, -0.2) is 4.79 Å². The average Bonchev–Trinajstić information content (AvgIpc) is 2.45. The van der Waals surface area contributed by atoms with Crippen LogP contribution in [0.2, 0.25) is 0 Å². The van der Waals surface area contributed by atoms with E-state index in [0.29, 0.717) is 23.8 Å². The molecule has 0 spiro atoms. The number of ether oxygens (including phenoxy) is 2. The molecule has 6 nitrogen and oxygen atoms in total. The van der Waals surface area contributed by atoms with Gasteiger partial charge in [0.25, 0.3) is 5.91 Å². The number of carbonyl (C=O) groups excluding carboxylic acids is 1. The summed E-state index contributed by atoms with van der Waals surface area (Å²) in [5, 5.41) is 11.3. The van der Waals surface area contributed by atoms with E-state index >= 15 is 0 Å². The second-order valence-corrected chi connectivity index (χ2v) is 5.01. The summed E-state index contributed by atoms with van der Waals surface area (Å²) in [6, 6.07) is 6.75. The Morgan fingerprint density at radius 1 is 1.33 bits per heavy atom. The molecule has 6 heteroatoms.